The topological polar surface area (TPSA) is 78.5 Å². The van der Waals surface area contributed by atoms with Crippen LogP contribution in [-0.4, -0.2) is 47.3 Å². The van der Waals surface area contributed by atoms with E-state index in [-0.39, 0.29) is 11.9 Å². The van der Waals surface area contributed by atoms with Crippen molar-refractivity contribution in [2.24, 2.45) is 0 Å². The van der Waals surface area contributed by atoms with Crippen LogP contribution >= 0.6 is 11.6 Å². The molecule has 0 aromatic carbocycles. The summed E-state index contributed by atoms with van der Waals surface area (Å²) in [4.78, 5) is 35.1. The molecule has 0 saturated carbocycles. The van der Waals surface area contributed by atoms with Crippen molar-refractivity contribution < 1.29 is 14.4 Å². The molecule has 1 aliphatic rings. The number of likely N-dealkylation sites (tertiary alicyclic amines) is 1. The Hall–Kier alpha value is -1.30. The number of hydrogen-bond acceptors (Lipinski definition) is 3. The molecular weight excluding hydrogens is 246 g/mol. The summed E-state index contributed by atoms with van der Waals surface area (Å²) in [5.41, 5.74) is 0. The van der Waals surface area contributed by atoms with E-state index in [9.17, 15) is 14.4 Å². The summed E-state index contributed by atoms with van der Waals surface area (Å²) in [5.74, 6) is -0.637. The molecule has 0 aliphatic carbocycles. The fraction of sp³-hybridized carbons (Fsp3) is 0.700. The van der Waals surface area contributed by atoms with Crippen molar-refractivity contribution in [3.8, 4) is 0 Å². The fourth-order valence-electron chi connectivity index (χ4n) is 1.63. The molecule has 1 saturated heterocycles. The van der Waals surface area contributed by atoms with Gasteiger partial charge < -0.3 is 10.2 Å². The molecule has 0 radical (unpaired) electrons. The fourth-order valence-corrected chi connectivity index (χ4v) is 1.69. The third kappa shape index (κ3) is 4.22. The molecule has 2 unspecified atom stereocenters. The minimum Gasteiger partial charge on any atom is -0.352 e. The number of imide groups is 1. The van der Waals surface area contributed by atoms with E-state index in [0.717, 1.165) is 0 Å². The molecule has 0 aromatic rings. The van der Waals surface area contributed by atoms with Crippen molar-refractivity contribution in [3.63, 3.8) is 0 Å². The van der Waals surface area contributed by atoms with Crippen LogP contribution in [0.4, 0.5) is 4.79 Å². The van der Waals surface area contributed by atoms with Gasteiger partial charge in [0.2, 0.25) is 11.8 Å². The largest absolute Gasteiger partial charge is 0.352 e. The van der Waals surface area contributed by atoms with Crippen molar-refractivity contribution in [1.29, 1.82) is 0 Å². The maximum absolute atomic E-state index is 11.6. The highest BCUT2D eigenvalue weighted by molar-refractivity contribution is 6.31. The van der Waals surface area contributed by atoms with E-state index in [1.807, 2.05) is 0 Å². The Kier molecular flexibility index (Phi) is 4.74. The van der Waals surface area contributed by atoms with Gasteiger partial charge in [-0.3, -0.25) is 14.9 Å². The van der Waals surface area contributed by atoms with E-state index in [2.05, 4.69) is 10.6 Å². The molecule has 17 heavy (non-hydrogen) atoms. The quantitative estimate of drug-likeness (QED) is 0.690. The van der Waals surface area contributed by atoms with Crippen molar-refractivity contribution >= 4 is 29.4 Å². The molecule has 1 rings (SSSR count). The highest BCUT2D eigenvalue weighted by Crippen LogP contribution is 2.09. The van der Waals surface area contributed by atoms with E-state index in [1.54, 1.807) is 0 Å². The molecule has 4 amide bonds. The van der Waals surface area contributed by atoms with Crippen LogP contribution in [0.2, 0.25) is 0 Å². The Morgan fingerprint density at radius 1 is 1.41 bits per heavy atom. The van der Waals surface area contributed by atoms with Crippen molar-refractivity contribution in [3.05, 3.63) is 0 Å². The molecule has 2 atom stereocenters. The second kappa shape index (κ2) is 5.86. The SMILES string of the molecule is CC(=O)NC1CCN(C(=O)NC(=O)C(C)Cl)C1. The summed E-state index contributed by atoms with van der Waals surface area (Å²) < 4.78 is 0. The van der Waals surface area contributed by atoms with Crippen molar-refractivity contribution in [2.75, 3.05) is 13.1 Å². The van der Waals surface area contributed by atoms with Gasteiger partial charge in [-0.1, -0.05) is 0 Å². The van der Waals surface area contributed by atoms with Gasteiger partial charge in [0.25, 0.3) is 0 Å². The third-order valence-corrected chi connectivity index (χ3v) is 2.67. The van der Waals surface area contributed by atoms with E-state index >= 15 is 0 Å². The second-order valence-electron chi connectivity index (χ2n) is 4.04. The highest BCUT2D eigenvalue weighted by Gasteiger charge is 2.28. The number of amides is 4. The second-order valence-corrected chi connectivity index (χ2v) is 4.70. The molecule has 1 fully saturated rings. The van der Waals surface area contributed by atoms with Gasteiger partial charge in [0, 0.05) is 26.1 Å². The molecule has 0 spiro atoms. The van der Waals surface area contributed by atoms with Crippen molar-refractivity contribution in [1.82, 2.24) is 15.5 Å². The number of nitrogens with one attached hydrogen (secondary N) is 2. The molecule has 96 valence electrons. The van der Waals surface area contributed by atoms with Crippen LogP contribution in [0.25, 0.3) is 0 Å². The Labute approximate surface area is 105 Å². The number of halogens is 1. The number of alkyl halides is 1. The van der Waals surface area contributed by atoms with Gasteiger partial charge in [0.05, 0.1) is 0 Å². The van der Waals surface area contributed by atoms with Crippen molar-refractivity contribution in [2.45, 2.75) is 31.7 Å². The number of carbonyl (C=O) groups is 3. The lowest BCUT2D eigenvalue weighted by Crippen LogP contribution is -2.45. The van der Waals surface area contributed by atoms with Gasteiger partial charge >= 0.3 is 6.03 Å². The van der Waals surface area contributed by atoms with Gasteiger partial charge in [-0.25, -0.2) is 4.79 Å². The van der Waals surface area contributed by atoms with Crippen LogP contribution in [0, 0.1) is 0 Å². The maximum Gasteiger partial charge on any atom is 0.324 e. The first-order valence-electron chi connectivity index (χ1n) is 5.41. The molecule has 0 bridgehead atoms. The summed E-state index contributed by atoms with van der Waals surface area (Å²) >= 11 is 5.54. The Morgan fingerprint density at radius 2 is 2.06 bits per heavy atom. The zero-order chi connectivity index (χ0) is 13.0. The molecular formula is C10H16ClN3O3. The van der Waals surface area contributed by atoms with Gasteiger partial charge in [0.15, 0.2) is 0 Å². The summed E-state index contributed by atoms with van der Waals surface area (Å²) in [6.07, 6.45) is 0.692. The molecule has 2 N–H and O–H groups in total. The van der Waals surface area contributed by atoms with Crippen LogP contribution in [0.3, 0.4) is 0 Å². The van der Waals surface area contributed by atoms with Gasteiger partial charge in [-0.15, -0.1) is 11.6 Å². The maximum atomic E-state index is 11.6. The van der Waals surface area contributed by atoms with Gasteiger partial charge in [-0.05, 0) is 13.3 Å². The van der Waals surface area contributed by atoms with Crippen LogP contribution in [-0.2, 0) is 9.59 Å². The first-order valence-corrected chi connectivity index (χ1v) is 5.84. The predicted molar refractivity (Wildman–Crippen MR) is 62.6 cm³/mol. The molecule has 6 nitrogen and oxygen atoms in total. The average molecular weight is 262 g/mol. The minimum absolute atomic E-state index is 0.0400. The van der Waals surface area contributed by atoms with Crippen LogP contribution in [0.5, 0.6) is 0 Å². The highest BCUT2D eigenvalue weighted by atomic mass is 35.5. The van der Waals surface area contributed by atoms with E-state index in [4.69, 9.17) is 11.6 Å². The summed E-state index contributed by atoms with van der Waals surface area (Å²) in [5, 5.41) is 4.19. The lowest BCUT2D eigenvalue weighted by molar-refractivity contribution is -0.120. The van der Waals surface area contributed by atoms with E-state index < -0.39 is 17.3 Å². The average Bonchev–Trinajstić information content (AvgIpc) is 2.64. The molecule has 7 heteroatoms. The number of rotatable bonds is 2. The van der Waals surface area contributed by atoms with E-state index in [0.29, 0.717) is 19.5 Å². The zero-order valence-corrected chi connectivity index (χ0v) is 10.6. The van der Waals surface area contributed by atoms with Crippen LogP contribution in [0.1, 0.15) is 20.3 Å². The van der Waals surface area contributed by atoms with E-state index in [1.165, 1.54) is 18.7 Å². The number of urea groups is 1. The van der Waals surface area contributed by atoms with Gasteiger partial charge in [0.1, 0.15) is 5.38 Å². The molecule has 0 aromatic heterocycles. The minimum atomic E-state index is -0.743. The number of nitrogens with zero attached hydrogens (tertiary/aromatic N) is 1. The first-order chi connectivity index (χ1) is 7.90. The smallest absolute Gasteiger partial charge is 0.324 e. The Balaban J connectivity index is 2.40. The van der Waals surface area contributed by atoms with Crippen LogP contribution < -0.4 is 10.6 Å². The predicted octanol–water partition coefficient (Wildman–Crippen LogP) is 0.0603. The molecule has 1 aliphatic heterocycles. The first kappa shape index (κ1) is 13.8. The standard InChI is InChI=1S/C10H16ClN3O3/c1-6(11)9(16)13-10(17)14-4-3-8(5-14)12-7(2)15/h6,8H,3-5H2,1-2H3,(H,12,15)(H,13,16,17). The third-order valence-electron chi connectivity index (χ3n) is 2.47. The normalized spacial score (nSPS) is 20.9. The summed E-state index contributed by atoms with van der Waals surface area (Å²) in [6, 6.07) is -0.503. The Morgan fingerprint density at radius 3 is 2.59 bits per heavy atom. The number of carbonyl (C=O) groups excluding carboxylic acids is 3. The Bertz CT molecular complexity index is 333. The zero-order valence-electron chi connectivity index (χ0n) is 9.83. The molecule has 1 heterocycles. The van der Waals surface area contributed by atoms with Crippen LogP contribution in [0.15, 0.2) is 0 Å². The lowest BCUT2D eigenvalue weighted by atomic mass is 10.3. The van der Waals surface area contributed by atoms with Gasteiger partial charge in [-0.2, -0.15) is 0 Å². The lowest BCUT2D eigenvalue weighted by Gasteiger charge is -2.17. The summed E-state index contributed by atoms with van der Waals surface area (Å²) in [6.45, 7) is 3.85. The summed E-state index contributed by atoms with van der Waals surface area (Å²) in [7, 11) is 0. The monoisotopic (exact) mass is 261 g/mol. The number of hydrogen-bond donors (Lipinski definition) is 2.